The van der Waals surface area contributed by atoms with E-state index in [1.807, 2.05) is 34.6 Å². The molecule has 0 heterocycles. The van der Waals surface area contributed by atoms with Crippen LogP contribution in [0, 0.1) is 16.7 Å². The van der Waals surface area contributed by atoms with Gasteiger partial charge in [0.15, 0.2) is 26.7 Å². The quantitative estimate of drug-likeness (QED) is 0.0273. The van der Waals surface area contributed by atoms with E-state index in [9.17, 15) is 44.4 Å². The van der Waals surface area contributed by atoms with Crippen molar-refractivity contribution in [3.05, 3.63) is 4.13 Å². The Morgan fingerprint density at radius 1 is 0.406 bits per heavy atom. The van der Waals surface area contributed by atoms with Gasteiger partial charge >= 0.3 is 100 Å². The van der Waals surface area contributed by atoms with Gasteiger partial charge in [-0.15, -0.1) is 0 Å². The van der Waals surface area contributed by atoms with E-state index in [4.69, 9.17) is 87.5 Å². The van der Waals surface area contributed by atoms with Gasteiger partial charge in [-0.3, -0.25) is 18.6 Å². The third-order valence-corrected chi connectivity index (χ3v) is 33.7. The molecule has 0 aliphatic carbocycles. The maximum Gasteiger partial charge on any atom is 1.00 e. The Kier molecular flexibility index (Phi) is 63.7. The minimum Gasteiger partial charge on any atom is -0.465 e. The molecule has 0 saturated heterocycles. The predicted molar refractivity (Wildman–Crippen MR) is 382 cm³/mol. The number of hydrogen-bond donors (Lipinski definition) is 0. The first-order valence-electron chi connectivity index (χ1n) is 34.1. The van der Waals surface area contributed by atoms with Gasteiger partial charge in [-0.25, -0.2) is 16.8 Å². The molecular weight excluding hydrogens is 1500 g/mol. The monoisotopic (exact) mass is 1620 g/mol. The second-order valence-electron chi connectivity index (χ2n) is 26.4. The molecule has 600 valence electrons. The van der Waals surface area contributed by atoms with Gasteiger partial charge in [-0.05, 0) is 131 Å². The molecule has 1 atom stereocenters. The van der Waals surface area contributed by atoms with Crippen molar-refractivity contribution in [3.8, 4) is 0 Å². The Hall–Kier alpha value is 0.0608. The van der Waals surface area contributed by atoms with Crippen LogP contribution in [0.2, 0.25) is 78.1 Å². The van der Waals surface area contributed by atoms with Crippen molar-refractivity contribution in [2.45, 2.75) is 165 Å². The molecule has 0 aromatic heterocycles. The van der Waals surface area contributed by atoms with Crippen molar-refractivity contribution in [1.82, 2.24) is 0 Å². The van der Waals surface area contributed by atoms with Crippen molar-refractivity contribution in [2.75, 3.05) is 199 Å². The summed E-state index contributed by atoms with van der Waals surface area (Å²) in [6.45, 7) is 50.0. The summed E-state index contributed by atoms with van der Waals surface area (Å²) in [5.74, 6) is -1.05. The maximum absolute atomic E-state index is 12.1. The zero-order valence-corrected chi connectivity index (χ0v) is 74.7. The van der Waals surface area contributed by atoms with Crippen molar-refractivity contribution in [1.29, 1.82) is 0 Å². The summed E-state index contributed by atoms with van der Waals surface area (Å²) in [6.07, 6.45) is 2.80. The number of carbonyl (C=O) groups excluding carboxylic acids is 3. The molecule has 101 heavy (non-hydrogen) atoms. The first-order valence-corrected chi connectivity index (χ1v) is 51.8. The number of sulfonamides is 1. The van der Waals surface area contributed by atoms with Crippen molar-refractivity contribution < 1.29 is 192 Å². The molecule has 0 bridgehead atoms. The Balaban J connectivity index is -0.000000750. The summed E-state index contributed by atoms with van der Waals surface area (Å²) in [5, 5.41) is 0. The number of rotatable bonds is 63. The predicted octanol–water partition coefficient (Wildman–Crippen LogP) is 6.44. The van der Waals surface area contributed by atoms with E-state index in [0.29, 0.717) is 178 Å². The molecule has 0 fully saturated rings. The number of alkyl halides is 3. The number of methoxy groups -OCH3 is 1. The Morgan fingerprint density at radius 2 is 0.683 bits per heavy atom. The van der Waals surface area contributed by atoms with Crippen molar-refractivity contribution in [2.24, 2.45) is 16.7 Å². The molecule has 0 rings (SSSR count). The van der Waals surface area contributed by atoms with Crippen LogP contribution in [0.3, 0.4) is 0 Å². The summed E-state index contributed by atoms with van der Waals surface area (Å²) in [5.41, 5.74) is -7.11. The van der Waals surface area contributed by atoms with E-state index < -0.39 is 98.2 Å². The third-order valence-electron chi connectivity index (χ3n) is 13.1. The first-order chi connectivity index (χ1) is 46.4. The van der Waals surface area contributed by atoms with Crippen molar-refractivity contribution >= 4 is 80.6 Å². The van der Waals surface area contributed by atoms with Crippen LogP contribution < -0.4 is 51.4 Å². The van der Waals surface area contributed by atoms with E-state index in [1.165, 1.54) is 0 Å². The number of esters is 3. The van der Waals surface area contributed by atoms with Gasteiger partial charge < -0.3 is 96.4 Å². The topological polar surface area (TPSA) is 327 Å². The minimum absolute atomic E-state index is 0. The molecule has 0 amide bonds. The number of carbonyl (C=O) groups is 3. The van der Waals surface area contributed by atoms with E-state index in [1.54, 1.807) is 32.0 Å². The SMILES string of the molecule is CCC(C)(C)C(=O)OCCC[Si](C)(C)O[Si](C)(C)O[Si](C)(C)O[Si](C)(C)O[Si](C)(C)C.CCC(C)(C)C(=O)OCCOS(=O)(=O)[N-]S(=O)(=O)C(F)(F)F.CCC(C)C(=O)OCCOCCOCCOCCOCCOCCOCCOCCOCCOCCOCCOCCOCCOC.[K+]. The van der Waals surface area contributed by atoms with E-state index in [0.717, 1.165) is 25.3 Å². The Bertz CT molecular complexity index is 2310. The molecule has 0 spiro atoms. The molecule has 0 radical (unpaired) electrons. The van der Waals surface area contributed by atoms with Crippen LogP contribution in [0.1, 0.15) is 81.1 Å². The van der Waals surface area contributed by atoms with Crippen LogP contribution in [-0.4, -0.2) is 281 Å². The standard InChI is InChI=1S/C32H64O15.C20H50O6Si5.C9H15F3NO7S2.K/c1-4-31(2)32(33)47-30-29-46-28-27-45-26-25-44-24-23-43-22-21-42-20-19-41-18-17-40-16-15-39-14-13-38-12-11-37-10-9-36-8-7-35-6-5-34-3;1-15-20(2,3)19(21)22-17-16-18-28(7,8)24-30(11,12)26-31(13,14)25-29(9,10)23-27(4,5)6;1-4-8(2,3)7(14)19-5-6-20-22(17,18)13-21(15,16)9(10,11)12;/h31H,4-30H2,1-3H3;15-18H2,1-14H3;4-6H2,1-3H3;/q;;-1;+1. The molecule has 0 aromatic rings. The largest absolute Gasteiger partial charge is 1.00 e. The normalized spacial score (nSPS) is 13.2. The third kappa shape index (κ3) is 66.8. The first kappa shape index (κ1) is 107. The van der Waals surface area contributed by atoms with Gasteiger partial charge in [-0.2, -0.15) is 13.2 Å². The number of halogens is 3. The molecule has 40 heteroatoms. The van der Waals surface area contributed by atoms with Crippen LogP contribution in [0.25, 0.3) is 4.13 Å². The van der Waals surface area contributed by atoms with Crippen LogP contribution in [0.4, 0.5) is 13.2 Å². The van der Waals surface area contributed by atoms with E-state index >= 15 is 0 Å². The Morgan fingerprint density at radius 3 is 0.970 bits per heavy atom. The molecule has 0 saturated carbocycles. The average Bonchev–Trinajstić information content (AvgIpc) is 0.824. The van der Waals surface area contributed by atoms with Crippen molar-refractivity contribution in [3.63, 3.8) is 0 Å². The van der Waals surface area contributed by atoms with Gasteiger partial charge in [-0.1, -0.05) is 27.7 Å². The van der Waals surface area contributed by atoms with Gasteiger partial charge in [0.1, 0.15) is 13.2 Å². The number of hydrogen-bond acceptors (Lipinski definition) is 28. The number of ether oxygens (including phenoxy) is 16. The zero-order chi connectivity index (χ0) is 76.9. The van der Waals surface area contributed by atoms with Crippen LogP contribution in [0.15, 0.2) is 0 Å². The van der Waals surface area contributed by atoms with Crippen LogP contribution >= 0.6 is 0 Å². The summed E-state index contributed by atoms with van der Waals surface area (Å²) in [7, 11) is -20.6. The smallest absolute Gasteiger partial charge is 0.465 e. The number of nitrogens with zero attached hydrogens (tertiary/aromatic N) is 1. The molecule has 29 nitrogen and oxygen atoms in total. The van der Waals surface area contributed by atoms with Gasteiger partial charge in [0.25, 0.3) is 0 Å². The summed E-state index contributed by atoms with van der Waals surface area (Å²) in [6, 6.07) is 0.925. The molecule has 0 aliphatic rings. The zero-order valence-electron chi connectivity index (χ0n) is 64.9. The minimum atomic E-state index is -6.23. The maximum atomic E-state index is 12.1. The summed E-state index contributed by atoms with van der Waals surface area (Å²) >= 11 is 0. The second kappa shape index (κ2) is 59.9. The summed E-state index contributed by atoms with van der Waals surface area (Å²) < 4.78 is 196. The van der Waals surface area contributed by atoms with Crippen LogP contribution in [-0.2, 0) is 131 Å². The Labute approximate surface area is 651 Å². The fourth-order valence-corrected chi connectivity index (χ4v) is 33.1. The van der Waals surface area contributed by atoms with Gasteiger partial charge in [0.05, 0.1) is 195 Å². The van der Waals surface area contributed by atoms with E-state index in [2.05, 4.69) is 80.9 Å². The molecule has 0 aliphatic heterocycles. The molecular formula is C61H129F3KNO28S2Si5. The summed E-state index contributed by atoms with van der Waals surface area (Å²) in [4.78, 5) is 35.1. The fraction of sp³-hybridized carbons (Fsp3) is 0.951. The van der Waals surface area contributed by atoms with E-state index in [-0.39, 0.29) is 75.8 Å². The molecule has 0 aromatic carbocycles. The fourth-order valence-electron chi connectivity index (χ4n) is 7.67. The molecule has 1 unspecified atom stereocenters. The van der Waals surface area contributed by atoms with Gasteiger partial charge in [0, 0.05) is 7.11 Å². The molecule has 0 N–H and O–H groups in total. The average molecular weight is 1630 g/mol. The van der Waals surface area contributed by atoms with Gasteiger partial charge in [0.2, 0.25) is 10.3 Å². The second-order valence-corrected chi connectivity index (χ2v) is 49.4. The van der Waals surface area contributed by atoms with Crippen LogP contribution in [0.5, 0.6) is 0 Å².